The van der Waals surface area contributed by atoms with E-state index in [1.54, 1.807) is 6.20 Å². The molecule has 5 nitrogen and oxygen atoms in total. The van der Waals surface area contributed by atoms with Crippen LogP contribution in [0.25, 0.3) is 33.7 Å². The number of aromatic nitrogens is 4. The molecule has 0 fully saturated rings. The Morgan fingerprint density at radius 3 is 2.38 bits per heavy atom. The van der Waals surface area contributed by atoms with Crippen LogP contribution < -0.4 is 5.32 Å². The first-order chi connectivity index (χ1) is 15.5. The van der Waals surface area contributed by atoms with Gasteiger partial charge in [0.2, 0.25) is 0 Å². The Hall–Kier alpha value is -3.99. The fourth-order valence-electron chi connectivity index (χ4n) is 3.70. The van der Waals surface area contributed by atoms with Crippen molar-refractivity contribution in [2.45, 2.75) is 26.2 Å². The lowest BCUT2D eigenvalue weighted by molar-refractivity contribution is 0.591. The second-order valence-electron chi connectivity index (χ2n) is 8.96. The molecule has 0 saturated carbocycles. The molecule has 0 aliphatic rings. The summed E-state index contributed by atoms with van der Waals surface area (Å²) in [6.45, 7) is 6.67. The molecule has 0 aliphatic carbocycles. The van der Waals surface area contributed by atoms with Crippen LogP contribution in [-0.4, -0.2) is 20.2 Å². The first kappa shape index (κ1) is 19.9. The first-order valence-corrected chi connectivity index (χ1v) is 10.7. The number of nitrogens with zero attached hydrogens (tertiary/aromatic N) is 3. The number of anilines is 2. The van der Waals surface area contributed by atoms with Crippen molar-refractivity contribution < 1.29 is 0 Å². The van der Waals surface area contributed by atoms with Crippen LogP contribution in [0.5, 0.6) is 0 Å². The summed E-state index contributed by atoms with van der Waals surface area (Å²) in [5.74, 6) is 0.868. The average molecular weight is 420 g/mol. The first-order valence-electron chi connectivity index (χ1n) is 10.7. The lowest BCUT2D eigenvalue weighted by Gasteiger charge is -2.18. The van der Waals surface area contributed by atoms with Crippen molar-refractivity contribution in [1.82, 2.24) is 20.2 Å². The minimum atomic E-state index is 0.103. The largest absolute Gasteiger partial charge is 0.356 e. The third-order valence-corrected chi connectivity index (χ3v) is 5.53. The van der Waals surface area contributed by atoms with Crippen molar-refractivity contribution in [1.29, 1.82) is 0 Å². The van der Waals surface area contributed by atoms with Gasteiger partial charge in [-0.15, -0.1) is 0 Å². The Morgan fingerprint density at radius 2 is 1.62 bits per heavy atom. The van der Waals surface area contributed by atoms with Crippen LogP contribution in [0.2, 0.25) is 0 Å². The number of benzene rings is 3. The summed E-state index contributed by atoms with van der Waals surface area (Å²) in [6.07, 6.45) is 1.68. The van der Waals surface area contributed by atoms with E-state index < -0.39 is 0 Å². The molecule has 32 heavy (non-hydrogen) atoms. The molecule has 0 atom stereocenters. The summed E-state index contributed by atoms with van der Waals surface area (Å²) < 4.78 is 0. The molecule has 2 heterocycles. The third-order valence-electron chi connectivity index (χ3n) is 5.53. The molecule has 0 spiro atoms. The van der Waals surface area contributed by atoms with Crippen molar-refractivity contribution in [3.05, 3.63) is 90.6 Å². The normalized spacial score (nSPS) is 11.6. The molecule has 0 unspecified atom stereocenters. The summed E-state index contributed by atoms with van der Waals surface area (Å²) in [4.78, 5) is 8.29. The van der Waals surface area contributed by atoms with Crippen LogP contribution >= 0.6 is 0 Å². The van der Waals surface area contributed by atoms with Gasteiger partial charge in [0.25, 0.3) is 0 Å². The molecule has 3 aromatic carbocycles. The Morgan fingerprint density at radius 1 is 0.781 bits per heavy atom. The van der Waals surface area contributed by atoms with E-state index >= 15 is 0 Å². The van der Waals surface area contributed by atoms with Crippen LogP contribution in [0.1, 0.15) is 26.3 Å². The van der Waals surface area contributed by atoms with Gasteiger partial charge >= 0.3 is 0 Å². The second-order valence-corrected chi connectivity index (χ2v) is 8.96. The predicted octanol–water partition coefficient (Wildman–Crippen LogP) is 6.73. The Bertz CT molecular complexity index is 1360. The minimum Gasteiger partial charge on any atom is -0.356 e. The van der Waals surface area contributed by atoms with Crippen LogP contribution in [0.4, 0.5) is 11.4 Å². The summed E-state index contributed by atoms with van der Waals surface area (Å²) in [5, 5.41) is 11.6. The monoisotopic (exact) mass is 419 g/mol. The number of hydrogen-bond acceptors (Lipinski definition) is 4. The zero-order chi connectivity index (χ0) is 22.1. The second kappa shape index (κ2) is 7.93. The lowest BCUT2D eigenvalue weighted by atomic mass is 9.87. The van der Waals surface area contributed by atoms with E-state index in [9.17, 15) is 0 Å². The third kappa shape index (κ3) is 4.10. The number of nitrogens with one attached hydrogen (secondary N) is 2. The predicted molar refractivity (Wildman–Crippen MR) is 131 cm³/mol. The van der Waals surface area contributed by atoms with Crippen LogP contribution in [0.15, 0.2) is 85.1 Å². The van der Waals surface area contributed by atoms with E-state index in [0.717, 1.165) is 45.1 Å². The minimum absolute atomic E-state index is 0.103. The summed E-state index contributed by atoms with van der Waals surface area (Å²) in [5.41, 5.74) is 8.39. The van der Waals surface area contributed by atoms with Gasteiger partial charge < -0.3 is 10.3 Å². The van der Waals surface area contributed by atoms with Crippen LogP contribution in [0.3, 0.4) is 0 Å². The van der Waals surface area contributed by atoms with Gasteiger partial charge in [0, 0.05) is 28.7 Å². The highest BCUT2D eigenvalue weighted by molar-refractivity contribution is 5.81. The highest BCUT2D eigenvalue weighted by atomic mass is 15.1. The average Bonchev–Trinajstić information content (AvgIpc) is 3.23. The number of rotatable bonds is 4. The van der Waals surface area contributed by atoms with E-state index in [1.807, 2.05) is 42.5 Å². The van der Waals surface area contributed by atoms with Crippen molar-refractivity contribution in [2.24, 2.45) is 0 Å². The van der Waals surface area contributed by atoms with Gasteiger partial charge in [-0.1, -0.05) is 51.1 Å². The van der Waals surface area contributed by atoms with E-state index in [-0.39, 0.29) is 5.41 Å². The van der Waals surface area contributed by atoms with Crippen LogP contribution in [0, 0.1) is 0 Å². The summed E-state index contributed by atoms with van der Waals surface area (Å²) in [7, 11) is 0. The zero-order valence-electron chi connectivity index (χ0n) is 18.4. The zero-order valence-corrected chi connectivity index (χ0v) is 18.4. The van der Waals surface area contributed by atoms with Crippen molar-refractivity contribution in [3.63, 3.8) is 0 Å². The number of hydrogen-bond donors (Lipinski definition) is 2. The standard InChI is InChI=1S/C27H25N5/c1-27(2,3)20-11-14-24-25(17-20)31-26(30-24)19-6-4-7-22(16-19)29-21-12-9-18(10-13-21)23-8-5-15-28-32-23/h4-17,29H,1-3H3,(H,30,31). The Balaban J connectivity index is 1.39. The van der Waals surface area contributed by atoms with Gasteiger partial charge in [-0.3, -0.25) is 0 Å². The Kier molecular flexibility index (Phi) is 4.94. The smallest absolute Gasteiger partial charge is 0.138 e. The molecular weight excluding hydrogens is 394 g/mol. The lowest BCUT2D eigenvalue weighted by Crippen LogP contribution is -2.10. The molecule has 0 saturated heterocycles. The van der Waals surface area contributed by atoms with Gasteiger partial charge in [-0.2, -0.15) is 10.2 Å². The topological polar surface area (TPSA) is 66.5 Å². The number of aromatic amines is 1. The highest BCUT2D eigenvalue weighted by Gasteiger charge is 2.15. The molecule has 5 aromatic rings. The molecule has 0 radical (unpaired) electrons. The number of imidazole rings is 1. The van der Waals surface area contributed by atoms with Crippen molar-refractivity contribution in [3.8, 4) is 22.6 Å². The van der Waals surface area contributed by atoms with Crippen molar-refractivity contribution >= 4 is 22.4 Å². The maximum atomic E-state index is 4.80. The van der Waals surface area contributed by atoms with E-state index in [2.05, 4.69) is 77.7 Å². The molecule has 5 heteroatoms. The SMILES string of the molecule is CC(C)(C)c1ccc2nc(-c3cccc(Nc4ccc(-c5cccnn5)cc4)c3)[nH]c2c1. The molecule has 0 bridgehead atoms. The molecule has 2 aromatic heterocycles. The van der Waals surface area contributed by atoms with Crippen LogP contribution in [-0.2, 0) is 5.41 Å². The van der Waals surface area contributed by atoms with E-state index in [4.69, 9.17) is 4.98 Å². The fraction of sp³-hybridized carbons (Fsp3) is 0.148. The van der Waals surface area contributed by atoms with E-state index in [0.29, 0.717) is 0 Å². The van der Waals surface area contributed by atoms with E-state index in [1.165, 1.54) is 5.56 Å². The van der Waals surface area contributed by atoms with Gasteiger partial charge in [0.05, 0.1) is 16.7 Å². The molecule has 0 aliphatic heterocycles. The quantitative estimate of drug-likeness (QED) is 0.339. The van der Waals surface area contributed by atoms with Gasteiger partial charge in [0.15, 0.2) is 0 Å². The highest BCUT2D eigenvalue weighted by Crippen LogP contribution is 2.29. The van der Waals surface area contributed by atoms with Gasteiger partial charge in [0.1, 0.15) is 5.82 Å². The Labute approximate surface area is 187 Å². The van der Waals surface area contributed by atoms with Gasteiger partial charge in [-0.25, -0.2) is 4.98 Å². The maximum Gasteiger partial charge on any atom is 0.138 e. The van der Waals surface area contributed by atoms with Crippen molar-refractivity contribution in [2.75, 3.05) is 5.32 Å². The molecule has 5 rings (SSSR count). The maximum absolute atomic E-state index is 4.80. The molecule has 2 N–H and O–H groups in total. The number of H-pyrrole nitrogens is 1. The molecule has 158 valence electrons. The summed E-state index contributed by atoms with van der Waals surface area (Å²) in [6, 6.07) is 26.8. The summed E-state index contributed by atoms with van der Waals surface area (Å²) >= 11 is 0. The molecule has 0 amide bonds. The van der Waals surface area contributed by atoms with Gasteiger partial charge in [-0.05, 0) is 59.5 Å². The molecular formula is C27H25N5. The number of fused-ring (bicyclic) bond motifs is 1. The fourth-order valence-corrected chi connectivity index (χ4v) is 3.70.